The summed E-state index contributed by atoms with van der Waals surface area (Å²) in [5.74, 6) is 2.46. The number of hydrogen-bond acceptors (Lipinski definition) is 3. The lowest BCUT2D eigenvalue weighted by molar-refractivity contribution is 0.416. The van der Waals surface area contributed by atoms with Gasteiger partial charge < -0.3 is 14.7 Å². The minimum absolute atomic E-state index is 0.786. The number of ether oxygens (including phenoxy) is 1. The van der Waals surface area contributed by atoms with Gasteiger partial charge in [-0.2, -0.15) is 0 Å². The number of rotatable bonds is 4. The van der Waals surface area contributed by atoms with Gasteiger partial charge in [-0.25, -0.2) is 9.97 Å². The van der Waals surface area contributed by atoms with Crippen molar-refractivity contribution in [3.8, 4) is 39.7 Å². The minimum atomic E-state index is 0.786. The Balaban J connectivity index is 1.44. The number of benzene rings is 4. The number of fused-ring (bicyclic) bond motifs is 2. The van der Waals surface area contributed by atoms with Gasteiger partial charge in [0, 0.05) is 18.0 Å². The highest BCUT2D eigenvalue weighted by Gasteiger charge is 2.12. The first-order valence-corrected chi connectivity index (χ1v) is 10.5. The zero-order valence-corrected chi connectivity index (χ0v) is 17.5. The molecule has 0 atom stereocenters. The summed E-state index contributed by atoms with van der Waals surface area (Å²) in [6.45, 7) is 0. The van der Waals surface area contributed by atoms with E-state index in [1.54, 1.807) is 13.3 Å². The Kier molecular flexibility index (Phi) is 4.25. The molecule has 0 radical (unpaired) electrons. The van der Waals surface area contributed by atoms with E-state index in [0.717, 1.165) is 61.5 Å². The van der Waals surface area contributed by atoms with Gasteiger partial charge in [-0.15, -0.1) is 0 Å². The number of hydrogen-bond donors (Lipinski definition) is 2. The van der Waals surface area contributed by atoms with Crippen LogP contribution in [0, 0.1) is 0 Å². The Morgan fingerprint density at radius 1 is 0.781 bits per heavy atom. The van der Waals surface area contributed by atoms with Crippen LogP contribution in [-0.2, 0) is 0 Å². The summed E-state index contributed by atoms with van der Waals surface area (Å²) in [6, 6.07) is 27.2. The molecule has 0 amide bonds. The second-order valence-electron chi connectivity index (χ2n) is 7.70. The fourth-order valence-corrected chi connectivity index (χ4v) is 4.23. The molecular weight excluding hydrogens is 396 g/mol. The maximum absolute atomic E-state index is 5.65. The molecule has 32 heavy (non-hydrogen) atoms. The lowest BCUT2D eigenvalue weighted by atomic mass is 9.97. The van der Waals surface area contributed by atoms with Crippen LogP contribution in [0.5, 0.6) is 5.75 Å². The summed E-state index contributed by atoms with van der Waals surface area (Å²) in [5, 5.41) is 2.32. The van der Waals surface area contributed by atoms with Crippen LogP contribution in [-0.4, -0.2) is 27.0 Å². The fraction of sp³-hybridized carbons (Fsp3) is 0.0370. The average Bonchev–Trinajstić information content (AvgIpc) is 3.53. The van der Waals surface area contributed by atoms with Crippen molar-refractivity contribution in [3.05, 3.63) is 91.3 Å². The van der Waals surface area contributed by atoms with Gasteiger partial charge in [-0.1, -0.05) is 48.5 Å². The molecule has 0 aliphatic heterocycles. The van der Waals surface area contributed by atoms with Gasteiger partial charge in [0.25, 0.3) is 0 Å². The molecule has 6 rings (SSSR count). The summed E-state index contributed by atoms with van der Waals surface area (Å²) in [6.07, 6.45) is 3.55. The topological polar surface area (TPSA) is 66.6 Å². The Bertz CT molecular complexity index is 1530. The number of nitrogens with one attached hydrogen (secondary N) is 2. The van der Waals surface area contributed by atoms with Crippen molar-refractivity contribution in [1.82, 2.24) is 19.9 Å². The van der Waals surface area contributed by atoms with Crippen LogP contribution in [0.3, 0.4) is 0 Å². The van der Waals surface area contributed by atoms with Crippen molar-refractivity contribution in [2.24, 2.45) is 0 Å². The first-order chi connectivity index (χ1) is 15.8. The molecule has 0 bridgehead atoms. The quantitative estimate of drug-likeness (QED) is 0.347. The van der Waals surface area contributed by atoms with E-state index in [0.29, 0.717) is 0 Å². The minimum Gasteiger partial charge on any atom is -0.496 e. The SMILES string of the molecule is COc1cc(-c2ccc3c(-c4nc5ccccc5[nH]4)cccc3c2)ccc1-c1ncc[nH]1. The number of aromatic amines is 2. The van der Waals surface area contributed by atoms with Crippen molar-refractivity contribution in [2.45, 2.75) is 0 Å². The molecule has 0 unspecified atom stereocenters. The van der Waals surface area contributed by atoms with E-state index >= 15 is 0 Å². The Morgan fingerprint density at radius 2 is 1.66 bits per heavy atom. The van der Waals surface area contributed by atoms with Gasteiger partial charge in [-0.3, -0.25) is 0 Å². The van der Waals surface area contributed by atoms with E-state index in [1.807, 2.05) is 30.5 Å². The number of para-hydroxylation sites is 2. The van der Waals surface area contributed by atoms with E-state index in [-0.39, 0.29) is 0 Å². The van der Waals surface area contributed by atoms with Crippen molar-refractivity contribution < 1.29 is 4.74 Å². The van der Waals surface area contributed by atoms with E-state index in [9.17, 15) is 0 Å². The van der Waals surface area contributed by atoms with Gasteiger partial charge in [-0.05, 0) is 52.2 Å². The lowest BCUT2D eigenvalue weighted by Crippen LogP contribution is -1.91. The van der Waals surface area contributed by atoms with E-state index < -0.39 is 0 Å². The van der Waals surface area contributed by atoms with E-state index in [2.05, 4.69) is 69.5 Å². The summed E-state index contributed by atoms with van der Waals surface area (Å²) in [7, 11) is 1.69. The molecule has 0 saturated carbocycles. The van der Waals surface area contributed by atoms with Gasteiger partial charge in [0.1, 0.15) is 17.4 Å². The van der Waals surface area contributed by atoms with Crippen molar-refractivity contribution in [2.75, 3.05) is 7.11 Å². The summed E-state index contributed by atoms with van der Waals surface area (Å²) < 4.78 is 5.65. The fourth-order valence-electron chi connectivity index (χ4n) is 4.23. The molecular formula is C27H20N4O. The summed E-state index contributed by atoms with van der Waals surface area (Å²) >= 11 is 0. The number of H-pyrrole nitrogens is 2. The van der Waals surface area contributed by atoms with Crippen molar-refractivity contribution in [1.29, 1.82) is 0 Å². The first-order valence-electron chi connectivity index (χ1n) is 10.5. The zero-order chi connectivity index (χ0) is 21.5. The third-order valence-electron chi connectivity index (χ3n) is 5.81. The molecule has 4 aromatic carbocycles. The van der Waals surface area contributed by atoms with Gasteiger partial charge in [0.2, 0.25) is 0 Å². The monoisotopic (exact) mass is 416 g/mol. The van der Waals surface area contributed by atoms with Crippen molar-refractivity contribution in [3.63, 3.8) is 0 Å². The van der Waals surface area contributed by atoms with Crippen LogP contribution in [0.2, 0.25) is 0 Å². The standard InChI is InChI=1S/C27H20N4O/c1-32-25-16-18(10-12-22(25)26-28-13-14-29-26)17-9-11-20-19(15-17)5-4-6-21(20)27-30-23-7-2-3-8-24(23)31-27/h2-16H,1H3,(H,28,29)(H,30,31). The molecule has 154 valence electrons. The summed E-state index contributed by atoms with van der Waals surface area (Å²) in [5.41, 5.74) is 6.27. The maximum atomic E-state index is 5.65. The Hall–Kier alpha value is -4.38. The molecule has 5 nitrogen and oxygen atoms in total. The molecule has 2 aromatic heterocycles. The first kappa shape index (κ1) is 18.4. The Morgan fingerprint density at radius 3 is 2.50 bits per heavy atom. The van der Waals surface area contributed by atoms with Gasteiger partial charge in [0.15, 0.2) is 0 Å². The highest BCUT2D eigenvalue weighted by atomic mass is 16.5. The molecule has 2 heterocycles. The van der Waals surface area contributed by atoms with Crippen LogP contribution >= 0.6 is 0 Å². The second kappa shape index (κ2) is 7.39. The van der Waals surface area contributed by atoms with Gasteiger partial charge >= 0.3 is 0 Å². The smallest absolute Gasteiger partial charge is 0.141 e. The number of methoxy groups -OCH3 is 1. The largest absolute Gasteiger partial charge is 0.496 e. The molecule has 0 fully saturated rings. The van der Waals surface area contributed by atoms with Crippen LogP contribution < -0.4 is 4.74 Å². The van der Waals surface area contributed by atoms with Crippen LogP contribution in [0.15, 0.2) is 91.3 Å². The molecule has 0 aliphatic carbocycles. The van der Waals surface area contributed by atoms with Crippen LogP contribution in [0.1, 0.15) is 0 Å². The number of imidazole rings is 2. The predicted octanol–water partition coefficient (Wildman–Crippen LogP) is 6.45. The highest BCUT2D eigenvalue weighted by Crippen LogP contribution is 2.35. The molecule has 5 heteroatoms. The van der Waals surface area contributed by atoms with Crippen LogP contribution in [0.4, 0.5) is 0 Å². The molecule has 0 saturated heterocycles. The highest BCUT2D eigenvalue weighted by molar-refractivity contribution is 5.98. The third kappa shape index (κ3) is 3.03. The number of aromatic nitrogens is 4. The zero-order valence-electron chi connectivity index (χ0n) is 17.5. The average molecular weight is 416 g/mol. The molecule has 0 aliphatic rings. The third-order valence-corrected chi connectivity index (χ3v) is 5.81. The maximum Gasteiger partial charge on any atom is 0.141 e. The van der Waals surface area contributed by atoms with E-state index in [1.165, 1.54) is 0 Å². The molecule has 0 spiro atoms. The van der Waals surface area contributed by atoms with Gasteiger partial charge in [0.05, 0.1) is 23.7 Å². The normalized spacial score (nSPS) is 11.3. The molecule has 6 aromatic rings. The Labute approximate surface area is 184 Å². The number of nitrogens with zero attached hydrogens (tertiary/aromatic N) is 2. The van der Waals surface area contributed by atoms with Crippen molar-refractivity contribution >= 4 is 21.8 Å². The lowest BCUT2D eigenvalue weighted by Gasteiger charge is -2.11. The summed E-state index contributed by atoms with van der Waals surface area (Å²) in [4.78, 5) is 15.7. The second-order valence-corrected chi connectivity index (χ2v) is 7.70. The predicted molar refractivity (Wildman–Crippen MR) is 129 cm³/mol. The van der Waals surface area contributed by atoms with E-state index in [4.69, 9.17) is 9.72 Å². The van der Waals surface area contributed by atoms with Crippen LogP contribution in [0.25, 0.3) is 55.7 Å². The molecule has 2 N–H and O–H groups in total.